The van der Waals surface area contributed by atoms with Crippen molar-refractivity contribution in [3.63, 3.8) is 0 Å². The van der Waals surface area contributed by atoms with Crippen LogP contribution >= 0.6 is 0 Å². The van der Waals surface area contributed by atoms with Crippen LogP contribution in [0.2, 0.25) is 0 Å². The topological polar surface area (TPSA) is 46.5 Å². The summed E-state index contributed by atoms with van der Waals surface area (Å²) >= 11 is 0. The molecular weight excluding hydrogens is 189 g/mol. The SMILES string of the molecule is CC(=O)OF.CC(C)(CO)C(F)F. The van der Waals surface area contributed by atoms with Crippen molar-refractivity contribution in [2.24, 2.45) is 5.41 Å². The number of alkyl halides is 2. The van der Waals surface area contributed by atoms with E-state index in [0.29, 0.717) is 0 Å². The number of aliphatic hydroxyl groups is 1. The third-order valence-corrected chi connectivity index (χ3v) is 1.11. The molecule has 80 valence electrons. The third kappa shape index (κ3) is 9.13. The number of carbonyl (C=O) groups is 1. The lowest BCUT2D eigenvalue weighted by atomic mass is 9.96. The summed E-state index contributed by atoms with van der Waals surface area (Å²) in [6.07, 6.45) is -2.44. The molecule has 3 nitrogen and oxygen atoms in total. The van der Waals surface area contributed by atoms with E-state index >= 15 is 0 Å². The maximum absolute atomic E-state index is 11.7. The quantitative estimate of drug-likeness (QED) is 0.741. The largest absolute Gasteiger partial charge is 0.396 e. The van der Waals surface area contributed by atoms with Crippen LogP contribution in [0.3, 0.4) is 0 Å². The summed E-state index contributed by atoms with van der Waals surface area (Å²) in [7, 11) is 0. The van der Waals surface area contributed by atoms with E-state index in [1.807, 2.05) is 0 Å². The van der Waals surface area contributed by atoms with Crippen molar-refractivity contribution in [1.29, 1.82) is 0 Å². The van der Waals surface area contributed by atoms with Crippen LogP contribution in [0.15, 0.2) is 0 Å². The van der Waals surface area contributed by atoms with Gasteiger partial charge in [0.25, 0.3) is 0 Å². The summed E-state index contributed by atoms with van der Waals surface area (Å²) in [6, 6.07) is 0. The van der Waals surface area contributed by atoms with Crippen LogP contribution in [0.5, 0.6) is 0 Å². The van der Waals surface area contributed by atoms with Crippen LogP contribution in [0, 0.1) is 5.41 Å². The van der Waals surface area contributed by atoms with Crippen molar-refractivity contribution in [3.8, 4) is 0 Å². The first-order valence-electron chi connectivity index (χ1n) is 3.46. The molecule has 0 amide bonds. The lowest BCUT2D eigenvalue weighted by molar-refractivity contribution is -0.180. The number of halogens is 3. The molecule has 1 N–H and O–H groups in total. The Morgan fingerprint density at radius 1 is 1.54 bits per heavy atom. The highest BCUT2D eigenvalue weighted by Gasteiger charge is 2.27. The van der Waals surface area contributed by atoms with Gasteiger partial charge < -0.3 is 5.11 Å². The highest BCUT2D eigenvalue weighted by molar-refractivity contribution is 5.64. The highest BCUT2D eigenvalue weighted by Crippen LogP contribution is 2.22. The minimum absolute atomic E-state index is 0.468. The number of hydrogen-bond donors (Lipinski definition) is 1. The smallest absolute Gasteiger partial charge is 0.345 e. The summed E-state index contributed by atoms with van der Waals surface area (Å²) in [4.78, 5) is 11.8. The molecular formula is C7H13F3O3. The Balaban J connectivity index is 0. The molecule has 0 atom stereocenters. The molecule has 0 aliphatic heterocycles. The third-order valence-electron chi connectivity index (χ3n) is 1.11. The maximum atomic E-state index is 11.7. The molecule has 0 saturated carbocycles. The van der Waals surface area contributed by atoms with E-state index in [-0.39, 0.29) is 0 Å². The second kappa shape index (κ2) is 6.71. The second-order valence-corrected chi connectivity index (χ2v) is 3.02. The molecule has 0 heterocycles. The Morgan fingerprint density at radius 3 is 1.85 bits per heavy atom. The van der Waals surface area contributed by atoms with Crippen molar-refractivity contribution in [1.82, 2.24) is 0 Å². The lowest BCUT2D eigenvalue weighted by Crippen LogP contribution is -2.25. The first-order chi connectivity index (χ1) is 5.77. The Hall–Kier alpha value is -0.780. The van der Waals surface area contributed by atoms with Gasteiger partial charge in [0.2, 0.25) is 6.43 Å². The van der Waals surface area contributed by atoms with Crippen LogP contribution in [0.25, 0.3) is 0 Å². The first-order valence-corrected chi connectivity index (χ1v) is 3.46. The Bertz CT molecular complexity index is 148. The molecule has 13 heavy (non-hydrogen) atoms. The number of rotatable bonds is 2. The number of aliphatic hydroxyl groups excluding tert-OH is 1. The van der Waals surface area contributed by atoms with Gasteiger partial charge in [-0.25, -0.2) is 13.6 Å². The number of hydrogen-bond acceptors (Lipinski definition) is 3. The molecule has 0 bridgehead atoms. The van der Waals surface area contributed by atoms with Gasteiger partial charge in [0.15, 0.2) is 0 Å². The van der Waals surface area contributed by atoms with E-state index in [9.17, 15) is 18.1 Å². The summed E-state index contributed by atoms with van der Waals surface area (Å²) in [5, 5.41) is 8.28. The maximum Gasteiger partial charge on any atom is 0.345 e. The molecule has 0 spiro atoms. The minimum Gasteiger partial charge on any atom is -0.396 e. The Morgan fingerprint density at radius 2 is 1.85 bits per heavy atom. The zero-order valence-corrected chi connectivity index (χ0v) is 7.68. The van der Waals surface area contributed by atoms with E-state index in [1.165, 1.54) is 13.8 Å². The average Bonchev–Trinajstić information content (AvgIpc) is 2.05. The highest BCUT2D eigenvalue weighted by atomic mass is 19.3. The fraction of sp³-hybridized carbons (Fsp3) is 0.857. The molecule has 0 aromatic rings. The molecule has 0 aromatic heterocycles. The van der Waals surface area contributed by atoms with Gasteiger partial charge in [-0.1, -0.05) is 13.8 Å². The van der Waals surface area contributed by atoms with Gasteiger partial charge >= 0.3 is 5.97 Å². The summed E-state index contributed by atoms with van der Waals surface area (Å²) in [5.74, 6) is -0.912. The van der Waals surface area contributed by atoms with Gasteiger partial charge in [-0.3, -0.25) is 4.94 Å². The van der Waals surface area contributed by atoms with E-state index in [2.05, 4.69) is 4.94 Å². The van der Waals surface area contributed by atoms with E-state index < -0.39 is 24.4 Å². The predicted molar refractivity (Wildman–Crippen MR) is 39.7 cm³/mol. The molecule has 0 aliphatic rings. The van der Waals surface area contributed by atoms with Crippen LogP contribution < -0.4 is 0 Å². The second-order valence-electron chi connectivity index (χ2n) is 3.02. The molecule has 0 saturated heterocycles. The fourth-order valence-electron chi connectivity index (χ4n) is 0.0690. The molecule has 0 unspecified atom stereocenters. The van der Waals surface area contributed by atoms with Gasteiger partial charge in [-0.05, 0) is 0 Å². The van der Waals surface area contributed by atoms with E-state index in [4.69, 9.17) is 5.11 Å². The first kappa shape index (κ1) is 14.7. The van der Waals surface area contributed by atoms with E-state index in [0.717, 1.165) is 6.92 Å². The zero-order chi connectivity index (χ0) is 11.1. The number of carbonyl (C=O) groups excluding carboxylic acids is 1. The van der Waals surface area contributed by atoms with Crippen molar-refractivity contribution in [3.05, 3.63) is 0 Å². The molecule has 0 rings (SSSR count). The molecule has 6 heteroatoms. The summed E-state index contributed by atoms with van der Waals surface area (Å²) < 4.78 is 33.6. The summed E-state index contributed by atoms with van der Waals surface area (Å²) in [5.41, 5.74) is -1.24. The predicted octanol–water partition coefficient (Wildman–Crippen LogP) is 1.70. The zero-order valence-electron chi connectivity index (χ0n) is 7.68. The monoisotopic (exact) mass is 202 g/mol. The standard InChI is InChI=1S/C5H10F2O.C2H3FO2/c1-5(2,3-8)4(6)7;1-2(4)5-3/h4,8H,3H2,1-2H3;1H3. The van der Waals surface area contributed by atoms with Gasteiger partial charge in [0.1, 0.15) is 0 Å². The van der Waals surface area contributed by atoms with Crippen molar-refractivity contribution >= 4 is 5.97 Å². The van der Waals surface area contributed by atoms with Gasteiger partial charge in [0.05, 0.1) is 6.61 Å². The van der Waals surface area contributed by atoms with Crippen LogP contribution in [0.4, 0.5) is 13.3 Å². The minimum atomic E-state index is -2.44. The van der Waals surface area contributed by atoms with Crippen LogP contribution in [0.1, 0.15) is 20.8 Å². The Labute approximate surface area is 74.4 Å². The average molecular weight is 202 g/mol. The Kier molecular flexibility index (Phi) is 7.60. The van der Waals surface area contributed by atoms with Crippen LogP contribution in [-0.4, -0.2) is 24.1 Å². The van der Waals surface area contributed by atoms with Gasteiger partial charge in [-0.15, -0.1) is 0 Å². The normalized spacial score (nSPS) is 10.5. The molecule has 0 aliphatic carbocycles. The van der Waals surface area contributed by atoms with Crippen molar-refractivity contribution in [2.45, 2.75) is 27.2 Å². The molecule has 0 fully saturated rings. The lowest BCUT2D eigenvalue weighted by Gasteiger charge is -2.19. The molecule has 0 aromatic carbocycles. The van der Waals surface area contributed by atoms with Gasteiger partial charge in [0, 0.05) is 16.9 Å². The van der Waals surface area contributed by atoms with Crippen molar-refractivity contribution in [2.75, 3.05) is 6.61 Å². The van der Waals surface area contributed by atoms with E-state index in [1.54, 1.807) is 0 Å². The summed E-state index contributed by atoms with van der Waals surface area (Å²) in [6.45, 7) is 3.15. The fourth-order valence-corrected chi connectivity index (χ4v) is 0.0690. The van der Waals surface area contributed by atoms with Crippen molar-refractivity contribution < 1.29 is 28.1 Å². The van der Waals surface area contributed by atoms with Crippen LogP contribution in [-0.2, 0) is 9.74 Å². The van der Waals surface area contributed by atoms with Gasteiger partial charge in [-0.2, -0.15) is 0 Å². The molecule has 0 radical (unpaired) electrons.